The molecule has 1 saturated carbocycles. The van der Waals surface area contributed by atoms with Gasteiger partial charge in [0.2, 0.25) is 5.91 Å². The first-order valence-electron chi connectivity index (χ1n) is 8.99. The maximum Gasteiger partial charge on any atom is 0.252 e. The molecule has 138 valence electrons. The Morgan fingerprint density at radius 2 is 1.85 bits per heavy atom. The van der Waals surface area contributed by atoms with Crippen molar-refractivity contribution in [2.24, 2.45) is 5.73 Å². The lowest BCUT2D eigenvalue weighted by Gasteiger charge is -2.36. The Balaban J connectivity index is 1.61. The predicted molar refractivity (Wildman–Crippen MR) is 98.3 cm³/mol. The number of amides is 2. The van der Waals surface area contributed by atoms with Crippen LogP contribution in [0.15, 0.2) is 48.5 Å². The smallest absolute Gasteiger partial charge is 0.252 e. The highest BCUT2D eigenvalue weighted by atomic mass is 16.5. The van der Waals surface area contributed by atoms with Crippen molar-refractivity contribution in [3.05, 3.63) is 65.2 Å². The number of carbonyl (C=O) groups is 3. The predicted octanol–water partition coefficient (Wildman–Crippen LogP) is 2.03. The number of fused-ring (bicyclic) bond motifs is 1. The topological polar surface area (TPSA) is 98.5 Å². The Morgan fingerprint density at radius 3 is 2.48 bits per heavy atom. The summed E-state index contributed by atoms with van der Waals surface area (Å²) in [6, 6.07) is 14.0. The first-order chi connectivity index (χ1) is 13.0. The molecule has 0 saturated heterocycles. The van der Waals surface area contributed by atoms with Gasteiger partial charge >= 0.3 is 0 Å². The van der Waals surface area contributed by atoms with E-state index in [9.17, 15) is 14.4 Å². The Morgan fingerprint density at radius 1 is 1.11 bits per heavy atom. The maximum absolute atomic E-state index is 12.8. The van der Waals surface area contributed by atoms with Crippen molar-refractivity contribution >= 4 is 17.6 Å². The third-order valence-corrected chi connectivity index (χ3v) is 5.47. The Labute approximate surface area is 156 Å². The van der Waals surface area contributed by atoms with Crippen molar-refractivity contribution in [1.29, 1.82) is 0 Å². The van der Waals surface area contributed by atoms with Gasteiger partial charge in [-0.25, -0.2) is 0 Å². The number of hydrogen-bond donors (Lipinski definition) is 2. The minimum atomic E-state index is -1.31. The number of rotatable bonds is 4. The van der Waals surface area contributed by atoms with Gasteiger partial charge in [-0.05, 0) is 30.2 Å². The normalized spacial score (nSPS) is 23.6. The van der Waals surface area contributed by atoms with Crippen LogP contribution in [0.1, 0.15) is 46.7 Å². The number of nitrogens with one attached hydrogen (secondary N) is 1. The molecule has 3 N–H and O–H groups in total. The van der Waals surface area contributed by atoms with Gasteiger partial charge in [0.05, 0.1) is 6.61 Å². The van der Waals surface area contributed by atoms with Crippen molar-refractivity contribution < 1.29 is 19.1 Å². The number of ketones is 1. The zero-order valence-corrected chi connectivity index (χ0v) is 14.7. The summed E-state index contributed by atoms with van der Waals surface area (Å²) >= 11 is 0. The molecule has 0 radical (unpaired) electrons. The van der Waals surface area contributed by atoms with E-state index < -0.39 is 17.4 Å². The van der Waals surface area contributed by atoms with Crippen LogP contribution in [-0.2, 0) is 15.1 Å². The minimum Gasteiger partial charge on any atom is -0.493 e. The molecule has 1 heterocycles. The summed E-state index contributed by atoms with van der Waals surface area (Å²) in [4.78, 5) is 36.8. The molecular formula is C21H20N2O4. The average Bonchev–Trinajstić information content (AvgIpc) is 2.67. The Kier molecular flexibility index (Phi) is 4.18. The lowest BCUT2D eigenvalue weighted by molar-refractivity contribution is -0.126. The van der Waals surface area contributed by atoms with Crippen molar-refractivity contribution in [2.75, 3.05) is 6.61 Å². The van der Waals surface area contributed by atoms with Crippen LogP contribution in [0, 0.1) is 0 Å². The van der Waals surface area contributed by atoms with E-state index in [4.69, 9.17) is 10.5 Å². The number of para-hydroxylation sites is 1. The molecule has 2 atom stereocenters. The standard InChI is InChI=1S/C21H20N2O4/c22-20(26)21(11-12-27-18-4-2-1-3-16(18)21)23-19(25)14-7-5-13(6-8-14)15-9-10-17(15)24/h1-8,15H,9-12H2,(H2,22,26)(H,23,25). The van der Waals surface area contributed by atoms with Crippen molar-refractivity contribution in [3.63, 3.8) is 0 Å². The van der Waals surface area contributed by atoms with Gasteiger partial charge in [0, 0.05) is 29.9 Å². The zero-order valence-electron chi connectivity index (χ0n) is 14.7. The van der Waals surface area contributed by atoms with Gasteiger partial charge in [0.15, 0.2) is 5.54 Å². The number of hydrogen-bond acceptors (Lipinski definition) is 4. The first kappa shape index (κ1) is 17.3. The van der Waals surface area contributed by atoms with E-state index in [0.29, 0.717) is 23.3 Å². The molecule has 1 aliphatic carbocycles. The number of Topliss-reactive ketones (excluding diaryl/α,β-unsaturated/α-hetero) is 1. The van der Waals surface area contributed by atoms with Gasteiger partial charge in [-0.2, -0.15) is 0 Å². The van der Waals surface area contributed by atoms with Gasteiger partial charge in [0.25, 0.3) is 5.91 Å². The number of primary amides is 1. The quantitative estimate of drug-likeness (QED) is 0.867. The monoisotopic (exact) mass is 364 g/mol. The van der Waals surface area contributed by atoms with Gasteiger partial charge in [-0.15, -0.1) is 0 Å². The summed E-state index contributed by atoms with van der Waals surface area (Å²) in [5.41, 5.74) is 6.29. The average molecular weight is 364 g/mol. The molecule has 1 aliphatic heterocycles. The van der Waals surface area contributed by atoms with E-state index in [-0.39, 0.29) is 24.7 Å². The summed E-state index contributed by atoms with van der Waals surface area (Å²) in [5.74, 6) is -0.290. The number of benzene rings is 2. The molecule has 4 rings (SSSR count). The van der Waals surface area contributed by atoms with E-state index in [0.717, 1.165) is 12.0 Å². The molecule has 2 aromatic rings. The van der Waals surface area contributed by atoms with Crippen molar-refractivity contribution in [2.45, 2.75) is 30.7 Å². The van der Waals surface area contributed by atoms with Crippen LogP contribution in [-0.4, -0.2) is 24.2 Å². The first-order valence-corrected chi connectivity index (χ1v) is 8.99. The second-order valence-corrected chi connectivity index (χ2v) is 7.00. The van der Waals surface area contributed by atoms with Gasteiger partial charge in [-0.1, -0.05) is 30.3 Å². The van der Waals surface area contributed by atoms with E-state index >= 15 is 0 Å². The number of carbonyl (C=O) groups excluding carboxylic acids is 3. The van der Waals surface area contributed by atoms with Crippen LogP contribution in [0.5, 0.6) is 5.75 Å². The fraction of sp³-hybridized carbons (Fsp3) is 0.286. The van der Waals surface area contributed by atoms with Crippen LogP contribution in [0.3, 0.4) is 0 Å². The third-order valence-electron chi connectivity index (χ3n) is 5.47. The van der Waals surface area contributed by atoms with E-state index in [1.54, 1.807) is 48.5 Å². The Hall–Kier alpha value is -3.15. The summed E-state index contributed by atoms with van der Waals surface area (Å²) in [6.45, 7) is 0.281. The SMILES string of the molecule is NC(=O)C1(NC(=O)c2ccc(C3CCC3=O)cc2)CCOc2ccccc21. The zero-order chi connectivity index (χ0) is 19.0. The third kappa shape index (κ3) is 2.87. The van der Waals surface area contributed by atoms with Gasteiger partial charge < -0.3 is 15.8 Å². The number of ether oxygens (including phenoxy) is 1. The molecule has 1 fully saturated rings. The molecule has 2 amide bonds. The van der Waals surface area contributed by atoms with Crippen LogP contribution >= 0.6 is 0 Å². The van der Waals surface area contributed by atoms with Crippen LogP contribution in [0.2, 0.25) is 0 Å². The molecule has 0 aromatic heterocycles. The summed E-state index contributed by atoms with van der Waals surface area (Å²) in [6.07, 6.45) is 1.74. The molecular weight excluding hydrogens is 344 g/mol. The lowest BCUT2D eigenvalue weighted by Crippen LogP contribution is -2.57. The summed E-state index contributed by atoms with van der Waals surface area (Å²) < 4.78 is 5.60. The lowest BCUT2D eigenvalue weighted by atomic mass is 9.78. The van der Waals surface area contributed by atoms with E-state index in [1.165, 1.54) is 0 Å². The van der Waals surface area contributed by atoms with Gasteiger partial charge in [-0.3, -0.25) is 14.4 Å². The molecule has 6 nitrogen and oxygen atoms in total. The second kappa shape index (κ2) is 6.54. The largest absolute Gasteiger partial charge is 0.493 e. The Bertz CT molecular complexity index is 922. The molecule has 2 unspecified atom stereocenters. The van der Waals surface area contributed by atoms with Gasteiger partial charge in [0.1, 0.15) is 11.5 Å². The van der Waals surface area contributed by atoms with Crippen molar-refractivity contribution in [3.8, 4) is 5.75 Å². The fourth-order valence-electron chi connectivity index (χ4n) is 3.73. The van der Waals surface area contributed by atoms with Crippen molar-refractivity contribution in [1.82, 2.24) is 5.32 Å². The van der Waals surface area contributed by atoms with Crippen LogP contribution < -0.4 is 15.8 Å². The molecule has 2 aliphatic rings. The summed E-state index contributed by atoms with van der Waals surface area (Å²) in [7, 11) is 0. The number of nitrogens with two attached hydrogens (primary N) is 1. The molecule has 27 heavy (non-hydrogen) atoms. The second-order valence-electron chi connectivity index (χ2n) is 7.00. The minimum absolute atomic E-state index is 0.0542. The highest BCUT2D eigenvalue weighted by molar-refractivity contribution is 6.00. The molecule has 6 heteroatoms. The van der Waals surface area contributed by atoms with Crippen LogP contribution in [0.25, 0.3) is 0 Å². The summed E-state index contributed by atoms with van der Waals surface area (Å²) in [5, 5.41) is 2.83. The highest BCUT2D eigenvalue weighted by Gasteiger charge is 2.44. The molecule has 0 bridgehead atoms. The van der Waals surface area contributed by atoms with E-state index in [1.807, 2.05) is 0 Å². The maximum atomic E-state index is 12.8. The fourth-order valence-corrected chi connectivity index (χ4v) is 3.73. The molecule has 0 spiro atoms. The van der Waals surface area contributed by atoms with Crippen LogP contribution in [0.4, 0.5) is 0 Å². The van der Waals surface area contributed by atoms with E-state index in [2.05, 4.69) is 5.32 Å². The highest BCUT2D eigenvalue weighted by Crippen LogP contribution is 2.37. The molecule has 2 aromatic carbocycles.